The van der Waals surface area contributed by atoms with Crippen LogP contribution in [0.4, 0.5) is 5.69 Å². The van der Waals surface area contributed by atoms with Crippen molar-refractivity contribution in [3.8, 4) is 5.69 Å². The summed E-state index contributed by atoms with van der Waals surface area (Å²) in [7, 11) is 0. The Morgan fingerprint density at radius 2 is 1.96 bits per heavy atom. The summed E-state index contributed by atoms with van der Waals surface area (Å²) in [5, 5.41) is 7.32. The second-order valence-corrected chi connectivity index (χ2v) is 5.32. The minimum absolute atomic E-state index is 0.235. The third-order valence-electron chi connectivity index (χ3n) is 3.79. The molecule has 0 saturated carbocycles. The molecular weight excluding hydrogens is 290 g/mol. The third kappa shape index (κ3) is 2.88. The van der Waals surface area contributed by atoms with Crippen molar-refractivity contribution in [2.24, 2.45) is 0 Å². The van der Waals surface area contributed by atoms with Crippen LogP contribution in [0.15, 0.2) is 42.9 Å². The molecule has 1 aromatic carbocycles. The number of imidazole rings is 1. The van der Waals surface area contributed by atoms with Gasteiger partial charge in [-0.15, -0.1) is 0 Å². The predicted molar refractivity (Wildman–Crippen MR) is 88.9 cm³/mol. The van der Waals surface area contributed by atoms with E-state index in [1.807, 2.05) is 60.4 Å². The Balaban J connectivity index is 1.82. The van der Waals surface area contributed by atoms with Gasteiger partial charge in [0.05, 0.1) is 17.1 Å². The van der Waals surface area contributed by atoms with Gasteiger partial charge in [-0.1, -0.05) is 18.2 Å². The van der Waals surface area contributed by atoms with E-state index in [0.29, 0.717) is 5.69 Å². The minimum Gasteiger partial charge on any atom is -0.317 e. The lowest BCUT2D eigenvalue weighted by Crippen LogP contribution is -2.13. The smallest absolute Gasteiger partial charge is 0.275 e. The molecule has 0 aliphatic rings. The van der Waals surface area contributed by atoms with Crippen LogP contribution < -0.4 is 5.32 Å². The largest absolute Gasteiger partial charge is 0.317 e. The summed E-state index contributed by atoms with van der Waals surface area (Å²) in [5.41, 5.74) is 3.84. The van der Waals surface area contributed by atoms with Crippen molar-refractivity contribution in [1.29, 1.82) is 0 Å². The van der Waals surface area contributed by atoms with Crippen LogP contribution in [0, 0.1) is 13.8 Å². The van der Waals surface area contributed by atoms with E-state index in [1.54, 1.807) is 12.5 Å². The van der Waals surface area contributed by atoms with Crippen LogP contribution in [0.2, 0.25) is 0 Å². The lowest BCUT2D eigenvalue weighted by molar-refractivity contribution is 0.102. The van der Waals surface area contributed by atoms with Gasteiger partial charge in [0.15, 0.2) is 0 Å². The van der Waals surface area contributed by atoms with Gasteiger partial charge in [0.2, 0.25) is 0 Å². The second-order valence-electron chi connectivity index (χ2n) is 5.32. The zero-order chi connectivity index (χ0) is 16.4. The maximum Gasteiger partial charge on any atom is 0.275 e. The van der Waals surface area contributed by atoms with E-state index >= 15 is 0 Å². The van der Waals surface area contributed by atoms with Gasteiger partial charge >= 0.3 is 0 Å². The molecule has 0 atom stereocenters. The van der Waals surface area contributed by atoms with Crippen LogP contribution in [0.25, 0.3) is 5.69 Å². The summed E-state index contributed by atoms with van der Waals surface area (Å²) in [6, 6.07) is 9.76. The Bertz CT molecular complexity index is 832. The van der Waals surface area contributed by atoms with Gasteiger partial charge in [0.1, 0.15) is 12.0 Å². The number of aromatic nitrogens is 4. The molecule has 2 aromatic heterocycles. The molecule has 3 rings (SSSR count). The number of nitrogens with zero attached hydrogens (tertiary/aromatic N) is 4. The lowest BCUT2D eigenvalue weighted by Gasteiger charge is -2.04. The molecule has 1 N–H and O–H groups in total. The van der Waals surface area contributed by atoms with Crippen molar-refractivity contribution in [2.45, 2.75) is 27.3 Å². The van der Waals surface area contributed by atoms with E-state index in [2.05, 4.69) is 15.4 Å². The molecule has 0 saturated heterocycles. The molecule has 1 amide bonds. The minimum atomic E-state index is -0.235. The van der Waals surface area contributed by atoms with Gasteiger partial charge < -0.3 is 9.88 Å². The van der Waals surface area contributed by atoms with Gasteiger partial charge in [0.25, 0.3) is 5.91 Å². The zero-order valence-corrected chi connectivity index (χ0v) is 13.4. The van der Waals surface area contributed by atoms with Crippen LogP contribution >= 0.6 is 0 Å². The Labute approximate surface area is 134 Å². The molecule has 6 heteroatoms. The second kappa shape index (κ2) is 6.08. The molecule has 0 fully saturated rings. The van der Waals surface area contributed by atoms with Crippen molar-refractivity contribution in [3.63, 3.8) is 0 Å². The fourth-order valence-electron chi connectivity index (χ4n) is 2.54. The molecule has 0 aliphatic carbocycles. The van der Waals surface area contributed by atoms with E-state index in [9.17, 15) is 4.79 Å². The van der Waals surface area contributed by atoms with Crippen LogP contribution in [0.3, 0.4) is 0 Å². The number of nitrogens with one attached hydrogen (secondary N) is 1. The Morgan fingerprint density at radius 1 is 1.22 bits per heavy atom. The van der Waals surface area contributed by atoms with E-state index in [-0.39, 0.29) is 5.91 Å². The van der Waals surface area contributed by atoms with Crippen LogP contribution in [0.1, 0.15) is 28.8 Å². The first-order valence-electron chi connectivity index (χ1n) is 7.55. The van der Waals surface area contributed by atoms with Crippen molar-refractivity contribution in [2.75, 3.05) is 5.32 Å². The fourth-order valence-corrected chi connectivity index (χ4v) is 2.54. The van der Waals surface area contributed by atoms with E-state index < -0.39 is 0 Å². The van der Waals surface area contributed by atoms with Gasteiger partial charge in [-0.3, -0.25) is 9.48 Å². The van der Waals surface area contributed by atoms with Crippen molar-refractivity contribution < 1.29 is 4.79 Å². The molecule has 3 aromatic rings. The number of hydrogen-bond acceptors (Lipinski definition) is 3. The molecule has 118 valence electrons. The first-order chi connectivity index (χ1) is 11.1. The van der Waals surface area contributed by atoms with Crippen molar-refractivity contribution >= 4 is 11.6 Å². The highest BCUT2D eigenvalue weighted by Gasteiger charge is 2.16. The maximum atomic E-state index is 12.4. The van der Waals surface area contributed by atoms with Crippen molar-refractivity contribution in [1.82, 2.24) is 19.3 Å². The lowest BCUT2D eigenvalue weighted by atomic mass is 10.3. The Morgan fingerprint density at radius 3 is 2.61 bits per heavy atom. The number of carbonyl (C=O) groups excluding carboxylic acids is 1. The number of rotatable bonds is 4. The summed E-state index contributed by atoms with van der Waals surface area (Å²) >= 11 is 0. The van der Waals surface area contributed by atoms with Gasteiger partial charge in [-0.05, 0) is 32.9 Å². The fraction of sp³-hybridized carbons (Fsp3) is 0.235. The standard InChI is InChI=1S/C17H19N5O/c1-4-22-13(3)16(12(2)20-22)19-17(23)15-10-21(11-18-15)14-8-6-5-7-9-14/h5-11H,4H2,1-3H3,(H,19,23). The monoisotopic (exact) mass is 309 g/mol. The third-order valence-corrected chi connectivity index (χ3v) is 3.79. The highest BCUT2D eigenvalue weighted by Crippen LogP contribution is 2.20. The average Bonchev–Trinajstić information content (AvgIpc) is 3.16. The number of aryl methyl sites for hydroxylation is 2. The summed E-state index contributed by atoms with van der Waals surface area (Å²) in [5.74, 6) is -0.235. The Hall–Kier alpha value is -2.89. The molecule has 0 unspecified atom stereocenters. The topological polar surface area (TPSA) is 64.7 Å². The molecule has 6 nitrogen and oxygen atoms in total. The predicted octanol–water partition coefficient (Wildman–Crippen LogP) is 2.96. The highest BCUT2D eigenvalue weighted by molar-refractivity contribution is 6.03. The van der Waals surface area contributed by atoms with Crippen molar-refractivity contribution in [3.05, 3.63) is 59.9 Å². The van der Waals surface area contributed by atoms with Gasteiger partial charge in [-0.25, -0.2) is 4.98 Å². The summed E-state index contributed by atoms with van der Waals surface area (Å²) in [6.07, 6.45) is 3.36. The SMILES string of the molecule is CCn1nc(C)c(NC(=O)c2cn(-c3ccccc3)cn2)c1C. The zero-order valence-electron chi connectivity index (χ0n) is 13.4. The Kier molecular flexibility index (Phi) is 3.97. The molecule has 0 radical (unpaired) electrons. The molecule has 0 bridgehead atoms. The number of carbonyl (C=O) groups is 1. The average molecular weight is 309 g/mol. The van der Waals surface area contributed by atoms with E-state index in [0.717, 1.165) is 29.3 Å². The summed E-state index contributed by atoms with van der Waals surface area (Å²) < 4.78 is 3.69. The quantitative estimate of drug-likeness (QED) is 0.806. The number of benzene rings is 1. The summed E-state index contributed by atoms with van der Waals surface area (Å²) in [6.45, 7) is 6.62. The number of amides is 1. The van der Waals surface area contributed by atoms with Gasteiger partial charge in [0, 0.05) is 18.4 Å². The number of para-hydroxylation sites is 1. The highest BCUT2D eigenvalue weighted by atomic mass is 16.1. The number of anilines is 1. The van der Waals surface area contributed by atoms with E-state index in [4.69, 9.17) is 0 Å². The molecule has 0 aliphatic heterocycles. The first-order valence-corrected chi connectivity index (χ1v) is 7.55. The normalized spacial score (nSPS) is 10.7. The number of hydrogen-bond donors (Lipinski definition) is 1. The summed E-state index contributed by atoms with van der Waals surface area (Å²) in [4.78, 5) is 16.6. The molecule has 0 spiro atoms. The van der Waals surface area contributed by atoms with Crippen LogP contribution in [-0.4, -0.2) is 25.2 Å². The first kappa shape index (κ1) is 15.0. The molecule has 2 heterocycles. The van der Waals surface area contributed by atoms with Gasteiger partial charge in [-0.2, -0.15) is 5.10 Å². The molecule has 23 heavy (non-hydrogen) atoms. The maximum absolute atomic E-state index is 12.4. The van der Waals surface area contributed by atoms with Crippen LogP contribution in [-0.2, 0) is 6.54 Å². The van der Waals surface area contributed by atoms with E-state index in [1.165, 1.54) is 0 Å². The van der Waals surface area contributed by atoms with Crippen LogP contribution in [0.5, 0.6) is 0 Å². The molecular formula is C17H19N5O.